The summed E-state index contributed by atoms with van der Waals surface area (Å²) in [7, 11) is 0. The monoisotopic (exact) mass is 312 g/mol. The van der Waals surface area contributed by atoms with E-state index in [1.165, 1.54) is 5.56 Å². The largest absolute Gasteiger partial charge is 0.483 e. The summed E-state index contributed by atoms with van der Waals surface area (Å²) in [6, 6.07) is 16.0. The minimum Gasteiger partial charge on any atom is -0.483 e. The molecule has 1 aliphatic rings. The standard InChI is InChI=1S/C17H18N2O.CH2O2/c1-12-6-2-5-9-15(12)19-17(16(18)20)11-10-13-7-3-4-8-14(13)17;2-1-3/h2-9,19H,10-11H2,1H3,(H2,18,20);1H,(H,2,3). The van der Waals surface area contributed by atoms with Crippen molar-refractivity contribution in [2.24, 2.45) is 5.73 Å². The lowest BCUT2D eigenvalue weighted by molar-refractivity contribution is -0.123. The number of hydrogen-bond donors (Lipinski definition) is 3. The molecule has 0 heterocycles. The van der Waals surface area contributed by atoms with Crippen LogP contribution in [0.25, 0.3) is 0 Å². The third kappa shape index (κ3) is 3.18. The maximum absolute atomic E-state index is 12.2. The zero-order chi connectivity index (χ0) is 16.9. The first-order valence-electron chi connectivity index (χ1n) is 7.35. The lowest BCUT2D eigenvalue weighted by Gasteiger charge is -2.30. The van der Waals surface area contributed by atoms with Gasteiger partial charge < -0.3 is 16.2 Å². The average Bonchev–Trinajstić information content (AvgIpc) is 2.91. The molecule has 0 spiro atoms. The first kappa shape index (κ1) is 16.5. The predicted octanol–water partition coefficient (Wildman–Crippen LogP) is 2.43. The van der Waals surface area contributed by atoms with E-state index in [9.17, 15) is 4.79 Å². The van der Waals surface area contributed by atoms with E-state index in [0.29, 0.717) is 6.42 Å². The molecule has 0 fully saturated rings. The van der Waals surface area contributed by atoms with Crippen LogP contribution < -0.4 is 11.1 Å². The molecular formula is C18H20N2O3. The summed E-state index contributed by atoms with van der Waals surface area (Å²) in [4.78, 5) is 20.5. The summed E-state index contributed by atoms with van der Waals surface area (Å²) in [5.74, 6) is -0.314. The summed E-state index contributed by atoms with van der Waals surface area (Å²) < 4.78 is 0. The third-order valence-corrected chi connectivity index (χ3v) is 4.16. The van der Waals surface area contributed by atoms with Gasteiger partial charge in [-0.05, 0) is 42.5 Å². The molecule has 2 aromatic rings. The SMILES string of the molecule is Cc1ccccc1NC1(C(N)=O)CCc2ccccc21.O=CO. The molecular weight excluding hydrogens is 292 g/mol. The number of fused-ring (bicyclic) bond motifs is 1. The van der Waals surface area contributed by atoms with Crippen molar-refractivity contribution in [2.75, 3.05) is 5.32 Å². The van der Waals surface area contributed by atoms with E-state index in [4.69, 9.17) is 15.6 Å². The van der Waals surface area contributed by atoms with E-state index in [2.05, 4.69) is 11.4 Å². The molecule has 0 radical (unpaired) electrons. The van der Waals surface area contributed by atoms with E-state index >= 15 is 0 Å². The fraction of sp³-hybridized carbons (Fsp3) is 0.222. The molecule has 1 amide bonds. The predicted molar refractivity (Wildman–Crippen MR) is 89.1 cm³/mol. The van der Waals surface area contributed by atoms with Crippen molar-refractivity contribution in [3.05, 3.63) is 65.2 Å². The van der Waals surface area contributed by atoms with Crippen molar-refractivity contribution in [3.63, 3.8) is 0 Å². The fourth-order valence-electron chi connectivity index (χ4n) is 3.00. The quantitative estimate of drug-likeness (QED) is 0.759. The van der Waals surface area contributed by atoms with Crippen LogP contribution in [0, 0.1) is 6.92 Å². The van der Waals surface area contributed by atoms with Crippen molar-refractivity contribution >= 4 is 18.1 Å². The Kier molecular flexibility index (Phi) is 5.01. The van der Waals surface area contributed by atoms with Gasteiger partial charge in [0.1, 0.15) is 5.54 Å². The molecule has 23 heavy (non-hydrogen) atoms. The number of carbonyl (C=O) groups excluding carboxylic acids is 1. The summed E-state index contributed by atoms with van der Waals surface area (Å²) in [5, 5.41) is 10.3. The number of amides is 1. The van der Waals surface area contributed by atoms with Crippen molar-refractivity contribution in [3.8, 4) is 0 Å². The van der Waals surface area contributed by atoms with E-state index in [0.717, 1.165) is 23.2 Å². The van der Waals surface area contributed by atoms with Crippen molar-refractivity contribution in [2.45, 2.75) is 25.3 Å². The van der Waals surface area contributed by atoms with Crippen LogP contribution in [-0.2, 0) is 21.5 Å². The van der Waals surface area contributed by atoms with Crippen molar-refractivity contribution in [1.82, 2.24) is 0 Å². The van der Waals surface area contributed by atoms with Gasteiger partial charge in [0, 0.05) is 5.69 Å². The molecule has 0 aliphatic heterocycles. The van der Waals surface area contributed by atoms with Gasteiger partial charge in [-0.2, -0.15) is 0 Å². The van der Waals surface area contributed by atoms with Gasteiger partial charge in [-0.3, -0.25) is 9.59 Å². The molecule has 120 valence electrons. The van der Waals surface area contributed by atoms with Gasteiger partial charge in [0.2, 0.25) is 5.91 Å². The average molecular weight is 312 g/mol. The molecule has 5 nitrogen and oxygen atoms in total. The summed E-state index contributed by atoms with van der Waals surface area (Å²) in [5.41, 5.74) is 9.24. The first-order chi connectivity index (χ1) is 11.0. The van der Waals surface area contributed by atoms with Crippen LogP contribution in [-0.4, -0.2) is 17.5 Å². The number of aryl methyl sites for hydroxylation is 2. The normalized spacial score (nSPS) is 18.3. The Morgan fingerprint density at radius 2 is 1.83 bits per heavy atom. The minimum absolute atomic E-state index is 0.250. The van der Waals surface area contributed by atoms with Crippen molar-refractivity contribution < 1.29 is 14.7 Å². The molecule has 1 atom stereocenters. The minimum atomic E-state index is -0.789. The Hall–Kier alpha value is -2.82. The number of nitrogens with one attached hydrogen (secondary N) is 1. The molecule has 1 aliphatic carbocycles. The van der Waals surface area contributed by atoms with Crippen LogP contribution in [0.5, 0.6) is 0 Å². The molecule has 0 bridgehead atoms. The lowest BCUT2D eigenvalue weighted by Crippen LogP contribution is -2.46. The number of carboxylic acid groups (broad SMARTS) is 1. The maximum Gasteiger partial charge on any atom is 0.290 e. The second-order valence-corrected chi connectivity index (χ2v) is 5.47. The number of nitrogens with two attached hydrogens (primary N) is 1. The van der Waals surface area contributed by atoms with Gasteiger partial charge in [-0.1, -0.05) is 42.5 Å². The van der Waals surface area contributed by atoms with Gasteiger partial charge in [-0.25, -0.2) is 0 Å². The fourth-order valence-corrected chi connectivity index (χ4v) is 3.00. The highest BCUT2D eigenvalue weighted by Crippen LogP contribution is 2.39. The van der Waals surface area contributed by atoms with Gasteiger partial charge in [-0.15, -0.1) is 0 Å². The van der Waals surface area contributed by atoms with Gasteiger partial charge in [0.25, 0.3) is 6.47 Å². The number of carbonyl (C=O) groups is 2. The molecule has 4 N–H and O–H groups in total. The number of rotatable bonds is 3. The number of anilines is 1. The number of primary amides is 1. The molecule has 0 saturated carbocycles. The van der Waals surface area contributed by atoms with E-state index in [1.807, 2.05) is 49.4 Å². The highest BCUT2D eigenvalue weighted by atomic mass is 16.3. The van der Waals surface area contributed by atoms with Crippen LogP contribution in [0.1, 0.15) is 23.1 Å². The zero-order valence-electron chi connectivity index (χ0n) is 13.0. The number of hydrogen-bond acceptors (Lipinski definition) is 3. The first-order valence-corrected chi connectivity index (χ1v) is 7.35. The molecule has 1 unspecified atom stereocenters. The topological polar surface area (TPSA) is 92.4 Å². The zero-order valence-corrected chi connectivity index (χ0v) is 13.0. The van der Waals surface area contributed by atoms with Crippen LogP contribution in [0.15, 0.2) is 48.5 Å². The van der Waals surface area contributed by atoms with Crippen LogP contribution >= 0.6 is 0 Å². The summed E-state index contributed by atoms with van der Waals surface area (Å²) in [6.07, 6.45) is 1.58. The summed E-state index contributed by atoms with van der Waals surface area (Å²) in [6.45, 7) is 1.78. The van der Waals surface area contributed by atoms with Gasteiger partial charge in [0.15, 0.2) is 0 Å². The van der Waals surface area contributed by atoms with Crippen LogP contribution in [0.2, 0.25) is 0 Å². The Labute approximate surface area is 135 Å². The van der Waals surface area contributed by atoms with Crippen LogP contribution in [0.3, 0.4) is 0 Å². The van der Waals surface area contributed by atoms with Gasteiger partial charge >= 0.3 is 0 Å². The Balaban J connectivity index is 0.000000595. The summed E-state index contributed by atoms with van der Waals surface area (Å²) >= 11 is 0. The molecule has 2 aromatic carbocycles. The maximum atomic E-state index is 12.2. The third-order valence-electron chi connectivity index (χ3n) is 4.16. The molecule has 3 rings (SSSR count). The Morgan fingerprint density at radius 1 is 1.22 bits per heavy atom. The molecule has 0 saturated heterocycles. The van der Waals surface area contributed by atoms with E-state index in [-0.39, 0.29) is 12.4 Å². The highest BCUT2D eigenvalue weighted by Gasteiger charge is 2.44. The number of benzene rings is 2. The van der Waals surface area contributed by atoms with E-state index in [1.54, 1.807) is 0 Å². The smallest absolute Gasteiger partial charge is 0.290 e. The second kappa shape index (κ2) is 6.96. The highest BCUT2D eigenvalue weighted by molar-refractivity contribution is 5.91. The molecule has 0 aromatic heterocycles. The van der Waals surface area contributed by atoms with E-state index < -0.39 is 5.54 Å². The number of para-hydroxylation sites is 1. The lowest BCUT2D eigenvalue weighted by atomic mass is 9.90. The van der Waals surface area contributed by atoms with Gasteiger partial charge in [0.05, 0.1) is 0 Å². The Bertz CT molecular complexity index is 715. The Morgan fingerprint density at radius 3 is 2.48 bits per heavy atom. The van der Waals surface area contributed by atoms with Crippen LogP contribution in [0.4, 0.5) is 5.69 Å². The van der Waals surface area contributed by atoms with Crippen molar-refractivity contribution in [1.29, 1.82) is 0 Å². The molecule has 5 heteroatoms. The second-order valence-electron chi connectivity index (χ2n) is 5.47.